The fourth-order valence-corrected chi connectivity index (χ4v) is 7.38. The van der Waals surface area contributed by atoms with Gasteiger partial charge < -0.3 is 28.5 Å². The van der Waals surface area contributed by atoms with E-state index in [2.05, 4.69) is 38.2 Å². The summed E-state index contributed by atoms with van der Waals surface area (Å²) in [7, 11) is 5.96. The van der Waals surface area contributed by atoms with Crippen molar-refractivity contribution < 1.29 is 42.9 Å². The molecule has 0 rings (SSSR count). The predicted octanol–water partition coefficient (Wildman–Crippen LogP) is 14.4. The Labute approximate surface area is 382 Å². The Hall–Kier alpha value is -2.23. The molecule has 9 heteroatoms. The molecule has 0 aromatic rings. The van der Waals surface area contributed by atoms with Crippen LogP contribution in [0.3, 0.4) is 0 Å². The second-order valence-corrected chi connectivity index (χ2v) is 18.8. The number of esters is 2. The quantitative estimate of drug-likeness (QED) is 0.0212. The summed E-state index contributed by atoms with van der Waals surface area (Å²) in [6.45, 7) is 4.85. The van der Waals surface area contributed by atoms with Crippen LogP contribution in [0.5, 0.6) is 0 Å². The van der Waals surface area contributed by atoms with Crippen LogP contribution < -0.4 is 0 Å². The first kappa shape index (κ1) is 59.8. The fourth-order valence-electron chi connectivity index (χ4n) is 7.38. The van der Waals surface area contributed by atoms with E-state index in [4.69, 9.17) is 18.9 Å². The third-order valence-electron chi connectivity index (χ3n) is 11.5. The average Bonchev–Trinajstić information content (AvgIpc) is 3.23. The van der Waals surface area contributed by atoms with Crippen molar-refractivity contribution in [3.63, 3.8) is 0 Å². The summed E-state index contributed by atoms with van der Waals surface area (Å²) in [5.74, 6) is -2.01. The summed E-state index contributed by atoms with van der Waals surface area (Å²) >= 11 is 0. The van der Waals surface area contributed by atoms with Crippen molar-refractivity contribution in [2.45, 2.75) is 251 Å². The SMILES string of the molecule is CCCC/C=C\C/C=C\CCCCCCCC(=O)OC(COC(=O)CCCCCCCCCCCCCCCCCCCCCCCCC)COC(OCC[N+](C)(C)C)C(=O)O. The molecule has 0 saturated heterocycles. The molecule has 2 atom stereocenters. The van der Waals surface area contributed by atoms with E-state index in [9.17, 15) is 19.5 Å². The van der Waals surface area contributed by atoms with E-state index in [0.717, 1.165) is 64.2 Å². The minimum absolute atomic E-state index is 0.183. The number of aliphatic carboxylic acids is 1. The second-order valence-electron chi connectivity index (χ2n) is 18.8. The van der Waals surface area contributed by atoms with Gasteiger partial charge in [0, 0.05) is 12.8 Å². The van der Waals surface area contributed by atoms with Crippen molar-refractivity contribution in [1.82, 2.24) is 0 Å². The van der Waals surface area contributed by atoms with Gasteiger partial charge in [0.15, 0.2) is 6.10 Å². The normalized spacial score (nSPS) is 13.0. The summed E-state index contributed by atoms with van der Waals surface area (Å²) in [6, 6.07) is 0. The van der Waals surface area contributed by atoms with Gasteiger partial charge in [-0.2, -0.15) is 0 Å². The first-order chi connectivity index (χ1) is 30.1. The fraction of sp³-hybridized carbons (Fsp3) is 0.868. The van der Waals surface area contributed by atoms with Gasteiger partial charge in [-0.05, 0) is 38.5 Å². The number of allylic oxidation sites excluding steroid dienone is 4. The molecule has 1 N–H and O–H groups in total. The van der Waals surface area contributed by atoms with E-state index >= 15 is 0 Å². The van der Waals surface area contributed by atoms with Crippen LogP contribution in [0.15, 0.2) is 24.3 Å². The summed E-state index contributed by atoms with van der Waals surface area (Å²) in [5, 5.41) is 9.66. The lowest BCUT2D eigenvalue weighted by Gasteiger charge is -2.25. The van der Waals surface area contributed by atoms with Crippen LogP contribution in [-0.2, 0) is 33.3 Å². The van der Waals surface area contributed by atoms with Gasteiger partial charge >= 0.3 is 17.9 Å². The van der Waals surface area contributed by atoms with Crippen LogP contribution in [0, 0.1) is 0 Å². The first-order valence-electron chi connectivity index (χ1n) is 26.0. The minimum Gasteiger partial charge on any atom is -0.477 e. The van der Waals surface area contributed by atoms with Crippen LogP contribution in [-0.4, -0.2) is 87.4 Å². The second kappa shape index (κ2) is 45.3. The number of likely N-dealkylation sites (N-methyl/N-ethyl adjacent to an activating group) is 1. The molecule has 364 valence electrons. The molecular formula is C53H100NO8+. The van der Waals surface area contributed by atoms with Crippen LogP contribution in [0.4, 0.5) is 0 Å². The third kappa shape index (κ3) is 45.8. The van der Waals surface area contributed by atoms with Gasteiger partial charge in [-0.15, -0.1) is 0 Å². The topological polar surface area (TPSA) is 108 Å². The monoisotopic (exact) mass is 879 g/mol. The zero-order valence-electron chi connectivity index (χ0n) is 41.3. The molecule has 0 radical (unpaired) electrons. The van der Waals surface area contributed by atoms with Gasteiger partial charge in [0.2, 0.25) is 0 Å². The number of carbonyl (C=O) groups excluding carboxylic acids is 2. The van der Waals surface area contributed by atoms with Gasteiger partial charge in [-0.3, -0.25) is 9.59 Å². The lowest BCUT2D eigenvalue weighted by Crippen LogP contribution is -2.40. The summed E-state index contributed by atoms with van der Waals surface area (Å²) < 4.78 is 22.8. The highest BCUT2D eigenvalue weighted by Crippen LogP contribution is 2.16. The molecular weight excluding hydrogens is 779 g/mol. The van der Waals surface area contributed by atoms with Gasteiger partial charge in [0.25, 0.3) is 6.29 Å². The van der Waals surface area contributed by atoms with Crippen molar-refractivity contribution >= 4 is 17.9 Å². The molecule has 0 aliphatic carbocycles. The van der Waals surface area contributed by atoms with Gasteiger partial charge in [0.05, 0.1) is 34.4 Å². The first-order valence-corrected chi connectivity index (χ1v) is 26.0. The Morgan fingerprint density at radius 2 is 0.887 bits per heavy atom. The van der Waals surface area contributed by atoms with Crippen LogP contribution >= 0.6 is 0 Å². The summed E-state index contributed by atoms with van der Waals surface area (Å²) in [6.07, 6.45) is 48.2. The molecule has 0 aliphatic rings. The highest BCUT2D eigenvalue weighted by atomic mass is 16.7. The number of ether oxygens (including phenoxy) is 4. The van der Waals surface area contributed by atoms with Crippen LogP contribution in [0.2, 0.25) is 0 Å². The van der Waals surface area contributed by atoms with E-state index in [1.165, 1.54) is 141 Å². The van der Waals surface area contributed by atoms with E-state index in [-0.39, 0.29) is 32.2 Å². The van der Waals surface area contributed by atoms with Crippen molar-refractivity contribution in [3.05, 3.63) is 24.3 Å². The molecule has 0 aromatic carbocycles. The van der Waals surface area contributed by atoms with Crippen molar-refractivity contribution in [2.24, 2.45) is 0 Å². The minimum atomic E-state index is -1.51. The molecule has 0 aromatic heterocycles. The smallest absolute Gasteiger partial charge is 0.361 e. The van der Waals surface area contributed by atoms with Gasteiger partial charge in [0.1, 0.15) is 13.2 Å². The van der Waals surface area contributed by atoms with Crippen molar-refractivity contribution in [1.29, 1.82) is 0 Å². The molecule has 62 heavy (non-hydrogen) atoms. The largest absolute Gasteiger partial charge is 0.477 e. The zero-order chi connectivity index (χ0) is 45.6. The number of nitrogens with zero attached hydrogens (tertiary/aromatic N) is 1. The predicted molar refractivity (Wildman–Crippen MR) is 258 cm³/mol. The molecule has 0 saturated carbocycles. The molecule has 9 nitrogen and oxygen atoms in total. The standard InChI is InChI=1S/C53H99NO8/c1-6-8-10-12-14-16-18-20-22-23-24-25-26-27-28-29-30-32-33-35-37-39-41-43-50(55)60-47-49(48-61-53(52(57)58)59-46-45-54(3,4)5)62-51(56)44-42-40-38-36-34-31-21-19-17-15-13-11-9-7-2/h13,15,19,21,49,53H,6-12,14,16-18,20,22-48H2,1-5H3/p+1/b15-13-,21-19-. The lowest BCUT2D eigenvalue weighted by molar-refractivity contribution is -0.870. The number of rotatable bonds is 48. The summed E-state index contributed by atoms with van der Waals surface area (Å²) in [4.78, 5) is 37.2. The van der Waals surface area contributed by atoms with E-state index in [0.29, 0.717) is 23.9 Å². The van der Waals surface area contributed by atoms with Crippen molar-refractivity contribution in [2.75, 3.05) is 47.5 Å². The molecule has 0 fully saturated rings. The molecule has 0 spiro atoms. The highest BCUT2D eigenvalue weighted by Gasteiger charge is 2.25. The highest BCUT2D eigenvalue weighted by molar-refractivity contribution is 5.71. The van der Waals surface area contributed by atoms with Crippen LogP contribution in [0.1, 0.15) is 239 Å². The van der Waals surface area contributed by atoms with Gasteiger partial charge in [-0.1, -0.05) is 212 Å². The number of carbonyl (C=O) groups is 3. The number of hydrogen-bond donors (Lipinski definition) is 1. The molecule has 0 bridgehead atoms. The summed E-state index contributed by atoms with van der Waals surface area (Å²) in [5.41, 5.74) is 0. The van der Waals surface area contributed by atoms with E-state index in [1.54, 1.807) is 0 Å². The molecule has 0 heterocycles. The average molecular weight is 879 g/mol. The maximum atomic E-state index is 12.8. The lowest BCUT2D eigenvalue weighted by atomic mass is 10.0. The zero-order valence-corrected chi connectivity index (χ0v) is 41.3. The van der Waals surface area contributed by atoms with Gasteiger partial charge in [-0.25, -0.2) is 4.79 Å². The van der Waals surface area contributed by atoms with E-state index in [1.807, 2.05) is 21.1 Å². The number of hydrogen-bond acceptors (Lipinski definition) is 7. The van der Waals surface area contributed by atoms with E-state index < -0.39 is 24.3 Å². The third-order valence-corrected chi connectivity index (χ3v) is 11.5. The number of quaternary nitrogens is 1. The number of carboxylic acid groups (broad SMARTS) is 1. The van der Waals surface area contributed by atoms with Crippen LogP contribution in [0.25, 0.3) is 0 Å². The maximum Gasteiger partial charge on any atom is 0.361 e. The number of unbranched alkanes of at least 4 members (excludes halogenated alkanes) is 29. The van der Waals surface area contributed by atoms with Crippen molar-refractivity contribution in [3.8, 4) is 0 Å². The Morgan fingerprint density at radius 3 is 1.32 bits per heavy atom. The Balaban J connectivity index is 4.24. The number of carboxylic acids is 1. The Morgan fingerprint density at radius 1 is 0.484 bits per heavy atom. The molecule has 2 unspecified atom stereocenters. The maximum absolute atomic E-state index is 12.8. The molecule has 0 amide bonds. The molecule has 0 aliphatic heterocycles. The Kier molecular flexibility index (Phi) is 43.7. The Bertz CT molecular complexity index is 1070.